The van der Waals surface area contributed by atoms with Gasteiger partial charge in [0.2, 0.25) is 5.91 Å². The Morgan fingerprint density at radius 1 is 1.47 bits per heavy atom. The number of nitrogens with zero attached hydrogens (tertiary/aromatic N) is 1. The number of aromatic carboxylic acids is 1. The maximum atomic E-state index is 11.2. The molecular formula is C13H15ClN2O3. The van der Waals surface area contributed by atoms with E-state index in [1.807, 2.05) is 4.90 Å². The molecule has 1 aliphatic rings. The smallest absolute Gasteiger partial charge is 0.337 e. The molecule has 0 aromatic heterocycles. The Balaban J connectivity index is 2.24. The van der Waals surface area contributed by atoms with Gasteiger partial charge in [-0.15, -0.1) is 0 Å². The van der Waals surface area contributed by atoms with Gasteiger partial charge in [0.1, 0.15) is 0 Å². The first-order valence-corrected chi connectivity index (χ1v) is 6.40. The van der Waals surface area contributed by atoms with Crippen molar-refractivity contribution in [2.45, 2.75) is 19.4 Å². The maximum Gasteiger partial charge on any atom is 0.337 e. The second kappa shape index (κ2) is 5.48. The molecule has 5 nitrogen and oxygen atoms in total. The molecule has 1 saturated heterocycles. The summed E-state index contributed by atoms with van der Waals surface area (Å²) in [7, 11) is 0. The summed E-state index contributed by atoms with van der Waals surface area (Å²) in [5.74, 6) is -1.08. The molecule has 1 aliphatic heterocycles. The Bertz CT molecular complexity index is 519. The molecule has 0 aliphatic carbocycles. The van der Waals surface area contributed by atoms with E-state index in [0.29, 0.717) is 23.8 Å². The highest BCUT2D eigenvalue weighted by Crippen LogP contribution is 2.32. The lowest BCUT2D eigenvalue weighted by atomic mass is 10.1. The zero-order chi connectivity index (χ0) is 14.0. The van der Waals surface area contributed by atoms with Crippen molar-refractivity contribution >= 4 is 29.2 Å². The number of hydrogen-bond donors (Lipinski definition) is 2. The fourth-order valence-electron chi connectivity index (χ4n) is 2.38. The molecule has 19 heavy (non-hydrogen) atoms. The normalized spacial score (nSPS) is 18.4. The van der Waals surface area contributed by atoms with Crippen LogP contribution in [0.4, 0.5) is 5.69 Å². The highest BCUT2D eigenvalue weighted by Gasteiger charge is 2.27. The van der Waals surface area contributed by atoms with Crippen LogP contribution in [0.25, 0.3) is 0 Å². The van der Waals surface area contributed by atoms with Crippen molar-refractivity contribution in [1.29, 1.82) is 0 Å². The number of benzene rings is 1. The molecule has 1 heterocycles. The minimum absolute atomic E-state index is 0.0374. The van der Waals surface area contributed by atoms with E-state index >= 15 is 0 Å². The molecule has 1 aromatic rings. The second-order valence-corrected chi connectivity index (χ2v) is 4.98. The van der Waals surface area contributed by atoms with Crippen LogP contribution < -0.4 is 10.2 Å². The number of para-hydroxylation sites is 1. The molecule has 2 N–H and O–H groups in total. The Hall–Kier alpha value is -1.75. The largest absolute Gasteiger partial charge is 0.478 e. The number of carboxylic acid groups (broad SMARTS) is 1. The van der Waals surface area contributed by atoms with Crippen molar-refractivity contribution < 1.29 is 14.7 Å². The molecule has 0 bridgehead atoms. The van der Waals surface area contributed by atoms with Gasteiger partial charge in [0.15, 0.2) is 0 Å². The third kappa shape index (κ3) is 2.98. The van der Waals surface area contributed by atoms with Crippen LogP contribution in [-0.2, 0) is 4.79 Å². The molecule has 2 rings (SSSR count). The number of anilines is 1. The van der Waals surface area contributed by atoms with Gasteiger partial charge < -0.3 is 15.3 Å². The summed E-state index contributed by atoms with van der Waals surface area (Å²) in [5.41, 5.74) is 0.723. The lowest BCUT2D eigenvalue weighted by molar-refractivity contribution is -0.119. The molecule has 0 radical (unpaired) electrons. The van der Waals surface area contributed by atoms with Gasteiger partial charge in [-0.05, 0) is 18.6 Å². The topological polar surface area (TPSA) is 69.6 Å². The predicted octanol–water partition coefficient (Wildman–Crippen LogP) is 1.75. The van der Waals surface area contributed by atoms with E-state index < -0.39 is 5.97 Å². The molecule has 102 valence electrons. The Morgan fingerprint density at radius 3 is 2.84 bits per heavy atom. The summed E-state index contributed by atoms with van der Waals surface area (Å²) >= 11 is 6.11. The van der Waals surface area contributed by atoms with Gasteiger partial charge in [-0.25, -0.2) is 4.79 Å². The number of carbonyl (C=O) groups excluding carboxylic acids is 1. The fourth-order valence-corrected chi connectivity index (χ4v) is 2.67. The van der Waals surface area contributed by atoms with Crippen LogP contribution in [0.1, 0.15) is 23.7 Å². The number of carbonyl (C=O) groups is 2. The number of carboxylic acids is 1. The van der Waals surface area contributed by atoms with Gasteiger partial charge in [-0.1, -0.05) is 17.7 Å². The average molecular weight is 283 g/mol. The van der Waals surface area contributed by atoms with E-state index in [2.05, 4.69) is 5.32 Å². The molecule has 1 fully saturated rings. The van der Waals surface area contributed by atoms with Crippen molar-refractivity contribution in [1.82, 2.24) is 5.32 Å². The average Bonchev–Trinajstić information content (AvgIpc) is 2.75. The molecule has 0 saturated carbocycles. The number of amides is 1. The number of hydrogen-bond acceptors (Lipinski definition) is 3. The summed E-state index contributed by atoms with van der Waals surface area (Å²) < 4.78 is 0. The molecule has 1 amide bonds. The maximum absolute atomic E-state index is 11.2. The minimum atomic E-state index is -1.000. The summed E-state index contributed by atoms with van der Waals surface area (Å²) in [6.07, 6.45) is 0.782. The van der Waals surface area contributed by atoms with E-state index in [1.165, 1.54) is 13.0 Å². The third-order valence-electron chi connectivity index (χ3n) is 3.13. The van der Waals surface area contributed by atoms with Crippen LogP contribution in [0.15, 0.2) is 18.2 Å². The van der Waals surface area contributed by atoms with Crippen LogP contribution in [0.2, 0.25) is 5.02 Å². The highest BCUT2D eigenvalue weighted by atomic mass is 35.5. The van der Waals surface area contributed by atoms with Gasteiger partial charge in [0, 0.05) is 26.1 Å². The molecule has 1 unspecified atom stereocenters. The quantitative estimate of drug-likeness (QED) is 0.886. The van der Waals surface area contributed by atoms with Gasteiger partial charge in [0.05, 0.1) is 16.3 Å². The number of rotatable bonds is 3. The molecule has 1 atom stereocenters. The van der Waals surface area contributed by atoms with Crippen LogP contribution in [0, 0.1) is 0 Å². The van der Waals surface area contributed by atoms with Gasteiger partial charge >= 0.3 is 5.97 Å². The zero-order valence-corrected chi connectivity index (χ0v) is 11.3. The molecule has 0 spiro atoms. The van der Waals surface area contributed by atoms with E-state index in [-0.39, 0.29) is 17.5 Å². The standard InChI is InChI=1S/C13H15ClN2O3/c1-8(17)15-9-5-6-16(7-9)12-10(13(18)19)3-2-4-11(12)14/h2-4,9H,5-7H2,1H3,(H,15,17)(H,18,19). The first-order valence-electron chi connectivity index (χ1n) is 6.03. The van der Waals surface area contributed by atoms with Gasteiger partial charge in [0.25, 0.3) is 0 Å². The molecule has 6 heteroatoms. The fraction of sp³-hybridized carbons (Fsp3) is 0.385. The van der Waals surface area contributed by atoms with Crippen molar-refractivity contribution in [3.05, 3.63) is 28.8 Å². The Kier molecular flexibility index (Phi) is 3.95. The van der Waals surface area contributed by atoms with Crippen molar-refractivity contribution in [3.63, 3.8) is 0 Å². The van der Waals surface area contributed by atoms with E-state index in [4.69, 9.17) is 11.6 Å². The van der Waals surface area contributed by atoms with Crippen molar-refractivity contribution in [3.8, 4) is 0 Å². The van der Waals surface area contributed by atoms with Gasteiger partial charge in [-0.3, -0.25) is 4.79 Å². The van der Waals surface area contributed by atoms with Crippen LogP contribution in [-0.4, -0.2) is 36.1 Å². The second-order valence-electron chi connectivity index (χ2n) is 4.57. The first kappa shape index (κ1) is 13.7. The SMILES string of the molecule is CC(=O)NC1CCN(c2c(Cl)cccc2C(=O)O)C1. The lowest BCUT2D eigenvalue weighted by Crippen LogP contribution is -2.35. The minimum Gasteiger partial charge on any atom is -0.478 e. The van der Waals surface area contributed by atoms with Crippen molar-refractivity contribution in [2.75, 3.05) is 18.0 Å². The van der Waals surface area contributed by atoms with E-state index in [9.17, 15) is 14.7 Å². The summed E-state index contributed by atoms with van der Waals surface area (Å²) in [6.45, 7) is 2.72. The number of halogens is 1. The molecule has 1 aromatic carbocycles. The van der Waals surface area contributed by atoms with Crippen molar-refractivity contribution in [2.24, 2.45) is 0 Å². The van der Waals surface area contributed by atoms with Crippen LogP contribution in [0.5, 0.6) is 0 Å². The third-order valence-corrected chi connectivity index (χ3v) is 3.43. The first-order chi connectivity index (χ1) is 8.99. The highest BCUT2D eigenvalue weighted by molar-refractivity contribution is 6.34. The van der Waals surface area contributed by atoms with Crippen LogP contribution >= 0.6 is 11.6 Å². The Morgan fingerprint density at radius 2 is 2.21 bits per heavy atom. The van der Waals surface area contributed by atoms with Crippen LogP contribution in [0.3, 0.4) is 0 Å². The Labute approximate surface area is 116 Å². The van der Waals surface area contributed by atoms with Gasteiger partial charge in [-0.2, -0.15) is 0 Å². The predicted molar refractivity (Wildman–Crippen MR) is 72.8 cm³/mol. The van der Waals surface area contributed by atoms with E-state index in [0.717, 1.165) is 6.42 Å². The molecular weight excluding hydrogens is 268 g/mol. The lowest BCUT2D eigenvalue weighted by Gasteiger charge is -2.22. The monoisotopic (exact) mass is 282 g/mol. The summed E-state index contributed by atoms with van der Waals surface area (Å²) in [5, 5.41) is 12.5. The zero-order valence-electron chi connectivity index (χ0n) is 10.5. The van der Waals surface area contributed by atoms with E-state index in [1.54, 1.807) is 12.1 Å². The summed E-state index contributed by atoms with van der Waals surface area (Å²) in [6, 6.07) is 4.87. The number of nitrogens with one attached hydrogen (secondary N) is 1. The summed E-state index contributed by atoms with van der Waals surface area (Å²) in [4.78, 5) is 24.2.